The predicted octanol–water partition coefficient (Wildman–Crippen LogP) is 3.74. The second-order valence-electron chi connectivity index (χ2n) is 6.25. The first kappa shape index (κ1) is 13.0. The zero-order valence-corrected chi connectivity index (χ0v) is 12.3. The molecular weight excluding hydrogens is 248 g/mol. The van der Waals surface area contributed by atoms with Crippen LogP contribution in [0.2, 0.25) is 0 Å². The topological polar surface area (TPSA) is 25.4 Å². The summed E-state index contributed by atoms with van der Waals surface area (Å²) in [6.45, 7) is 8.17. The van der Waals surface area contributed by atoms with Gasteiger partial charge < -0.3 is 9.64 Å². The van der Waals surface area contributed by atoms with E-state index in [1.165, 1.54) is 11.1 Å². The second kappa shape index (κ2) is 4.82. The summed E-state index contributed by atoms with van der Waals surface area (Å²) in [5.41, 5.74) is 3.90. The molecule has 1 aromatic carbocycles. The maximum atomic E-state index is 5.86. The lowest BCUT2D eigenvalue weighted by molar-refractivity contribution is 0.289. The number of nitrogens with zero attached hydrogens (tertiary/aromatic N) is 2. The fraction of sp³-hybridized carbons (Fsp3) is 0.353. The number of pyridine rings is 1. The van der Waals surface area contributed by atoms with Crippen LogP contribution in [0.5, 0.6) is 5.75 Å². The number of anilines is 1. The van der Waals surface area contributed by atoms with E-state index in [4.69, 9.17) is 4.74 Å². The Labute approximate surface area is 120 Å². The molecule has 1 aromatic heterocycles. The summed E-state index contributed by atoms with van der Waals surface area (Å²) < 4.78 is 5.86. The fourth-order valence-corrected chi connectivity index (χ4v) is 2.43. The standard InChI is InChI=1S/C17H20N2O/c1-17(2,3)14-4-5-16-13(10-14)11-19(12-20-16)15-6-8-18-9-7-15/h4-10H,11-12H2,1-3H3. The van der Waals surface area contributed by atoms with E-state index in [-0.39, 0.29) is 5.41 Å². The molecule has 3 rings (SSSR count). The number of hydrogen-bond donors (Lipinski definition) is 0. The number of rotatable bonds is 1. The van der Waals surface area contributed by atoms with Gasteiger partial charge in [0.2, 0.25) is 0 Å². The lowest BCUT2D eigenvalue weighted by Crippen LogP contribution is -2.32. The molecule has 1 aliphatic rings. The van der Waals surface area contributed by atoms with Gasteiger partial charge in [0.15, 0.2) is 6.73 Å². The zero-order valence-electron chi connectivity index (χ0n) is 12.3. The van der Waals surface area contributed by atoms with Crippen LogP contribution in [0.3, 0.4) is 0 Å². The lowest BCUT2D eigenvalue weighted by atomic mass is 9.86. The highest BCUT2D eigenvalue weighted by Crippen LogP contribution is 2.32. The molecule has 0 bridgehead atoms. The first-order valence-electron chi connectivity index (χ1n) is 6.95. The van der Waals surface area contributed by atoms with Gasteiger partial charge in [0.25, 0.3) is 0 Å². The van der Waals surface area contributed by atoms with Crippen LogP contribution in [-0.2, 0) is 12.0 Å². The minimum Gasteiger partial charge on any atom is -0.473 e. The molecule has 0 unspecified atom stereocenters. The van der Waals surface area contributed by atoms with E-state index >= 15 is 0 Å². The minimum atomic E-state index is 0.161. The van der Waals surface area contributed by atoms with Crippen LogP contribution >= 0.6 is 0 Å². The van der Waals surface area contributed by atoms with Gasteiger partial charge in [0, 0.05) is 30.2 Å². The molecule has 0 aliphatic carbocycles. The van der Waals surface area contributed by atoms with Crippen LogP contribution < -0.4 is 9.64 Å². The highest BCUT2D eigenvalue weighted by Gasteiger charge is 2.21. The Balaban J connectivity index is 1.90. The second-order valence-corrected chi connectivity index (χ2v) is 6.25. The molecule has 1 aliphatic heterocycles. The largest absolute Gasteiger partial charge is 0.473 e. The van der Waals surface area contributed by atoms with Crippen molar-refractivity contribution in [3.63, 3.8) is 0 Å². The smallest absolute Gasteiger partial charge is 0.161 e. The third kappa shape index (κ3) is 2.48. The number of ether oxygens (including phenoxy) is 1. The maximum absolute atomic E-state index is 5.86. The van der Waals surface area contributed by atoms with Gasteiger partial charge in [-0.25, -0.2) is 0 Å². The SMILES string of the molecule is CC(C)(C)c1ccc2c(c1)CN(c1ccncc1)CO2. The van der Waals surface area contributed by atoms with Gasteiger partial charge in [-0.15, -0.1) is 0 Å². The van der Waals surface area contributed by atoms with Crippen molar-refractivity contribution in [1.29, 1.82) is 0 Å². The van der Waals surface area contributed by atoms with Crippen LogP contribution in [0.15, 0.2) is 42.7 Å². The van der Waals surface area contributed by atoms with E-state index in [1.807, 2.05) is 24.5 Å². The molecule has 3 heteroatoms. The molecule has 0 spiro atoms. The predicted molar refractivity (Wildman–Crippen MR) is 81.1 cm³/mol. The molecule has 0 radical (unpaired) electrons. The van der Waals surface area contributed by atoms with Gasteiger partial charge in [-0.2, -0.15) is 0 Å². The minimum absolute atomic E-state index is 0.161. The fourth-order valence-electron chi connectivity index (χ4n) is 2.43. The Morgan fingerprint density at radius 3 is 2.55 bits per heavy atom. The first-order chi connectivity index (χ1) is 9.54. The molecule has 0 amide bonds. The molecule has 3 nitrogen and oxygen atoms in total. The Hall–Kier alpha value is -2.03. The number of hydrogen-bond acceptors (Lipinski definition) is 3. The molecule has 0 N–H and O–H groups in total. The van der Waals surface area contributed by atoms with Crippen molar-refractivity contribution < 1.29 is 4.74 Å². The maximum Gasteiger partial charge on any atom is 0.161 e. The van der Waals surface area contributed by atoms with Gasteiger partial charge in [0.1, 0.15) is 5.75 Å². The van der Waals surface area contributed by atoms with E-state index in [0.717, 1.165) is 18.0 Å². The van der Waals surface area contributed by atoms with E-state index in [1.54, 1.807) is 0 Å². The van der Waals surface area contributed by atoms with Crippen LogP contribution in [0.1, 0.15) is 31.9 Å². The summed E-state index contributed by atoms with van der Waals surface area (Å²) >= 11 is 0. The van der Waals surface area contributed by atoms with E-state index < -0.39 is 0 Å². The van der Waals surface area contributed by atoms with Gasteiger partial charge in [-0.1, -0.05) is 26.8 Å². The molecule has 2 heterocycles. The summed E-state index contributed by atoms with van der Waals surface area (Å²) in [6.07, 6.45) is 3.63. The van der Waals surface area contributed by atoms with Crippen molar-refractivity contribution in [2.75, 3.05) is 11.6 Å². The van der Waals surface area contributed by atoms with Crippen molar-refractivity contribution in [3.8, 4) is 5.75 Å². The summed E-state index contributed by atoms with van der Waals surface area (Å²) in [5, 5.41) is 0. The molecular formula is C17H20N2O. The monoisotopic (exact) mass is 268 g/mol. The highest BCUT2D eigenvalue weighted by molar-refractivity contribution is 5.50. The Bertz CT molecular complexity index is 602. The highest BCUT2D eigenvalue weighted by atomic mass is 16.5. The third-order valence-corrected chi connectivity index (χ3v) is 3.69. The summed E-state index contributed by atoms with van der Waals surface area (Å²) in [4.78, 5) is 6.28. The molecule has 104 valence electrons. The third-order valence-electron chi connectivity index (χ3n) is 3.69. The number of fused-ring (bicyclic) bond motifs is 1. The number of aromatic nitrogens is 1. The van der Waals surface area contributed by atoms with E-state index in [0.29, 0.717) is 6.73 Å². The molecule has 2 aromatic rings. The normalized spacial score (nSPS) is 14.7. The van der Waals surface area contributed by atoms with Crippen LogP contribution in [0, 0.1) is 0 Å². The van der Waals surface area contributed by atoms with Crippen molar-refractivity contribution >= 4 is 5.69 Å². The molecule has 20 heavy (non-hydrogen) atoms. The number of benzene rings is 1. The molecule has 0 saturated heterocycles. The zero-order chi connectivity index (χ0) is 14.2. The van der Waals surface area contributed by atoms with Crippen molar-refractivity contribution in [3.05, 3.63) is 53.9 Å². The average Bonchev–Trinajstić information content (AvgIpc) is 2.46. The van der Waals surface area contributed by atoms with Gasteiger partial charge in [-0.3, -0.25) is 4.98 Å². The first-order valence-corrected chi connectivity index (χ1v) is 6.95. The lowest BCUT2D eigenvalue weighted by Gasteiger charge is -2.32. The van der Waals surface area contributed by atoms with Gasteiger partial charge in [-0.05, 0) is 35.2 Å². The summed E-state index contributed by atoms with van der Waals surface area (Å²) in [7, 11) is 0. The Kier molecular flexibility index (Phi) is 3.13. The Morgan fingerprint density at radius 1 is 1.10 bits per heavy atom. The summed E-state index contributed by atoms with van der Waals surface area (Å²) in [5.74, 6) is 1.00. The van der Waals surface area contributed by atoms with E-state index in [2.05, 4.69) is 48.9 Å². The van der Waals surface area contributed by atoms with Crippen molar-refractivity contribution in [2.45, 2.75) is 32.7 Å². The molecule has 0 atom stereocenters. The quantitative estimate of drug-likeness (QED) is 0.788. The van der Waals surface area contributed by atoms with Crippen molar-refractivity contribution in [2.24, 2.45) is 0 Å². The van der Waals surface area contributed by atoms with Crippen LogP contribution in [0.4, 0.5) is 5.69 Å². The average molecular weight is 268 g/mol. The van der Waals surface area contributed by atoms with Gasteiger partial charge in [0.05, 0.1) is 0 Å². The molecule has 0 fully saturated rings. The van der Waals surface area contributed by atoms with Crippen LogP contribution in [0.25, 0.3) is 0 Å². The van der Waals surface area contributed by atoms with E-state index in [9.17, 15) is 0 Å². The van der Waals surface area contributed by atoms with Crippen LogP contribution in [-0.4, -0.2) is 11.7 Å². The summed E-state index contributed by atoms with van der Waals surface area (Å²) in [6, 6.07) is 10.6. The Morgan fingerprint density at radius 2 is 1.85 bits per heavy atom. The van der Waals surface area contributed by atoms with Gasteiger partial charge >= 0.3 is 0 Å². The molecule has 0 saturated carbocycles. The van der Waals surface area contributed by atoms with Crippen molar-refractivity contribution in [1.82, 2.24) is 4.98 Å².